The second-order valence-corrected chi connectivity index (χ2v) is 9.47. The van der Waals surface area contributed by atoms with Gasteiger partial charge in [-0.1, -0.05) is 75.4 Å². The van der Waals surface area contributed by atoms with Crippen molar-refractivity contribution in [3.05, 3.63) is 71.3 Å². The molecule has 27 heavy (non-hydrogen) atoms. The molecule has 148 valence electrons. The molecule has 0 aliphatic carbocycles. The van der Waals surface area contributed by atoms with Crippen molar-refractivity contribution < 1.29 is 12.6 Å². The Labute approximate surface area is 164 Å². The van der Waals surface area contributed by atoms with E-state index in [1.807, 2.05) is 30.3 Å². The van der Waals surface area contributed by atoms with E-state index in [-0.39, 0.29) is 17.8 Å². The highest BCUT2D eigenvalue weighted by atomic mass is 32.2. The summed E-state index contributed by atoms with van der Waals surface area (Å²) in [6, 6.07) is 18.6. The Balaban J connectivity index is 1.69. The summed E-state index contributed by atoms with van der Waals surface area (Å²) >= 11 is 0. The SMILES string of the molecule is CCC(C)(C)c1ccc(CCCOS(=O)(=O)CCCc2ccccc2)cc1. The lowest BCUT2D eigenvalue weighted by atomic mass is 9.82. The van der Waals surface area contributed by atoms with Crippen molar-refractivity contribution in [1.29, 1.82) is 0 Å². The van der Waals surface area contributed by atoms with Crippen molar-refractivity contribution in [1.82, 2.24) is 0 Å². The second-order valence-electron chi connectivity index (χ2n) is 7.71. The summed E-state index contributed by atoms with van der Waals surface area (Å²) in [5.41, 5.74) is 3.90. The lowest BCUT2D eigenvalue weighted by Crippen LogP contribution is -2.15. The molecule has 0 amide bonds. The van der Waals surface area contributed by atoms with Gasteiger partial charge in [-0.25, -0.2) is 0 Å². The lowest BCUT2D eigenvalue weighted by Gasteiger charge is -2.23. The first-order valence-corrected chi connectivity index (χ1v) is 11.4. The van der Waals surface area contributed by atoms with E-state index in [9.17, 15) is 8.42 Å². The minimum atomic E-state index is -3.44. The molecule has 0 radical (unpaired) electrons. The summed E-state index contributed by atoms with van der Waals surface area (Å²) < 4.78 is 29.2. The Kier molecular flexibility index (Phi) is 8.06. The van der Waals surface area contributed by atoms with Gasteiger partial charge < -0.3 is 0 Å². The van der Waals surface area contributed by atoms with E-state index in [1.54, 1.807) is 0 Å². The summed E-state index contributed by atoms with van der Waals surface area (Å²) in [5, 5.41) is 0. The molecule has 0 N–H and O–H groups in total. The van der Waals surface area contributed by atoms with Gasteiger partial charge >= 0.3 is 0 Å². The normalized spacial score (nSPS) is 12.3. The summed E-state index contributed by atoms with van der Waals surface area (Å²) in [6.07, 6.45) is 3.97. The molecule has 2 rings (SSSR count). The van der Waals surface area contributed by atoms with E-state index in [0.29, 0.717) is 12.8 Å². The third kappa shape index (κ3) is 7.47. The summed E-state index contributed by atoms with van der Waals surface area (Å²) in [7, 11) is -3.44. The maximum Gasteiger partial charge on any atom is 0.267 e. The van der Waals surface area contributed by atoms with Gasteiger partial charge in [-0.3, -0.25) is 4.18 Å². The first-order chi connectivity index (χ1) is 12.8. The van der Waals surface area contributed by atoms with E-state index in [0.717, 1.165) is 24.8 Å². The van der Waals surface area contributed by atoms with Crippen LogP contribution in [-0.2, 0) is 32.6 Å². The van der Waals surface area contributed by atoms with Crippen LogP contribution in [-0.4, -0.2) is 20.8 Å². The van der Waals surface area contributed by atoms with Crippen LogP contribution >= 0.6 is 0 Å². The van der Waals surface area contributed by atoms with Gasteiger partial charge in [-0.05, 0) is 54.2 Å². The maximum atomic E-state index is 12.0. The zero-order valence-corrected chi connectivity index (χ0v) is 17.6. The monoisotopic (exact) mass is 388 g/mol. The van der Waals surface area contributed by atoms with Crippen LogP contribution < -0.4 is 0 Å². The van der Waals surface area contributed by atoms with Crippen molar-refractivity contribution in [3.8, 4) is 0 Å². The molecule has 0 aliphatic rings. The molecule has 3 nitrogen and oxygen atoms in total. The standard InChI is InChI=1S/C23H32O3S/c1-4-23(2,3)22-16-14-21(15-17-22)12-8-18-26-27(24,25)19-9-13-20-10-6-5-7-11-20/h5-7,10-11,14-17H,4,8-9,12-13,18-19H2,1-3H3. The van der Waals surface area contributed by atoms with Gasteiger partial charge in [-0.2, -0.15) is 8.42 Å². The van der Waals surface area contributed by atoms with Crippen LogP contribution in [0, 0.1) is 0 Å². The van der Waals surface area contributed by atoms with Gasteiger partial charge in [0.1, 0.15) is 0 Å². The largest absolute Gasteiger partial charge is 0.270 e. The molecule has 0 aliphatic heterocycles. The van der Waals surface area contributed by atoms with E-state index >= 15 is 0 Å². The summed E-state index contributed by atoms with van der Waals surface area (Å²) in [5.74, 6) is 0.0721. The predicted molar refractivity (Wildman–Crippen MR) is 113 cm³/mol. The minimum Gasteiger partial charge on any atom is -0.270 e. The molecule has 0 saturated heterocycles. The molecule has 0 heterocycles. The van der Waals surface area contributed by atoms with Crippen molar-refractivity contribution >= 4 is 10.1 Å². The first kappa shape index (κ1) is 21.6. The highest BCUT2D eigenvalue weighted by molar-refractivity contribution is 7.86. The summed E-state index contributed by atoms with van der Waals surface area (Å²) in [4.78, 5) is 0. The van der Waals surface area contributed by atoms with E-state index in [4.69, 9.17) is 4.18 Å². The Morgan fingerprint density at radius 2 is 1.44 bits per heavy atom. The Bertz CT molecular complexity index is 778. The average Bonchev–Trinajstić information content (AvgIpc) is 2.66. The van der Waals surface area contributed by atoms with Gasteiger partial charge in [0, 0.05) is 0 Å². The molecule has 0 bridgehead atoms. The van der Waals surface area contributed by atoms with Crippen LogP contribution in [0.5, 0.6) is 0 Å². The number of aryl methyl sites for hydroxylation is 2. The lowest BCUT2D eigenvalue weighted by molar-refractivity contribution is 0.312. The van der Waals surface area contributed by atoms with Gasteiger partial charge in [0.15, 0.2) is 0 Å². The number of benzene rings is 2. The van der Waals surface area contributed by atoms with Crippen molar-refractivity contribution in [2.75, 3.05) is 12.4 Å². The number of rotatable bonds is 11. The quantitative estimate of drug-likeness (QED) is 0.388. The Morgan fingerprint density at radius 1 is 0.852 bits per heavy atom. The fraction of sp³-hybridized carbons (Fsp3) is 0.478. The first-order valence-electron chi connectivity index (χ1n) is 9.83. The van der Waals surface area contributed by atoms with Crippen LogP contribution in [0.25, 0.3) is 0 Å². The zero-order chi connectivity index (χ0) is 19.8. The molecule has 0 spiro atoms. The molecule has 2 aromatic rings. The van der Waals surface area contributed by atoms with Crippen molar-refractivity contribution in [2.45, 2.75) is 58.3 Å². The maximum absolute atomic E-state index is 12.0. The topological polar surface area (TPSA) is 43.4 Å². The van der Waals surface area contributed by atoms with Crippen LogP contribution in [0.1, 0.15) is 56.7 Å². The minimum absolute atomic E-state index is 0.0721. The number of hydrogen-bond donors (Lipinski definition) is 0. The van der Waals surface area contributed by atoms with Crippen LogP contribution in [0.2, 0.25) is 0 Å². The zero-order valence-electron chi connectivity index (χ0n) is 16.8. The van der Waals surface area contributed by atoms with Gasteiger partial charge in [0.2, 0.25) is 0 Å². The molecule has 0 unspecified atom stereocenters. The van der Waals surface area contributed by atoms with Crippen LogP contribution in [0.3, 0.4) is 0 Å². The van der Waals surface area contributed by atoms with E-state index < -0.39 is 10.1 Å². The second kappa shape index (κ2) is 10.0. The predicted octanol–water partition coefficient (Wildman–Crippen LogP) is 5.29. The Morgan fingerprint density at radius 3 is 2.07 bits per heavy atom. The average molecular weight is 389 g/mol. The highest BCUT2D eigenvalue weighted by Crippen LogP contribution is 2.26. The van der Waals surface area contributed by atoms with E-state index in [2.05, 4.69) is 45.0 Å². The van der Waals surface area contributed by atoms with Crippen LogP contribution in [0.15, 0.2) is 54.6 Å². The molecular weight excluding hydrogens is 356 g/mol. The fourth-order valence-corrected chi connectivity index (χ4v) is 3.93. The fourth-order valence-electron chi connectivity index (χ4n) is 2.95. The molecule has 4 heteroatoms. The molecule has 0 aromatic heterocycles. The summed E-state index contributed by atoms with van der Waals surface area (Å²) in [6.45, 7) is 6.94. The van der Waals surface area contributed by atoms with E-state index in [1.165, 1.54) is 11.1 Å². The van der Waals surface area contributed by atoms with Crippen LogP contribution in [0.4, 0.5) is 0 Å². The van der Waals surface area contributed by atoms with Gasteiger partial charge in [-0.15, -0.1) is 0 Å². The highest BCUT2D eigenvalue weighted by Gasteiger charge is 2.17. The molecule has 2 aromatic carbocycles. The van der Waals surface area contributed by atoms with Crippen molar-refractivity contribution in [2.24, 2.45) is 0 Å². The smallest absolute Gasteiger partial charge is 0.267 e. The van der Waals surface area contributed by atoms with Gasteiger partial charge in [0.25, 0.3) is 10.1 Å². The van der Waals surface area contributed by atoms with Crippen molar-refractivity contribution in [3.63, 3.8) is 0 Å². The molecular formula is C23H32O3S. The molecule has 0 saturated carbocycles. The van der Waals surface area contributed by atoms with Gasteiger partial charge in [0.05, 0.1) is 12.4 Å². The number of hydrogen-bond acceptors (Lipinski definition) is 3. The third-order valence-corrected chi connectivity index (χ3v) is 6.51. The molecule has 0 fully saturated rings. The Hall–Kier alpha value is -1.65. The third-order valence-electron chi connectivity index (χ3n) is 5.19. The molecule has 0 atom stereocenters.